The number of hydrogen-bond donors (Lipinski definition) is 1. The van der Waals surface area contributed by atoms with E-state index >= 15 is 0 Å². The van der Waals surface area contributed by atoms with E-state index in [9.17, 15) is 21.6 Å². The maximum absolute atomic E-state index is 12.7. The van der Waals surface area contributed by atoms with Crippen LogP contribution in [0.3, 0.4) is 0 Å². The molecule has 2 aliphatic rings. The minimum atomic E-state index is -5.08. The van der Waals surface area contributed by atoms with Gasteiger partial charge < -0.3 is 14.6 Å². The third-order valence-electron chi connectivity index (χ3n) is 4.27. The lowest BCUT2D eigenvalue weighted by atomic mass is 10.2. The minimum Gasteiger partial charge on any atom is -0.475 e. The number of fused-ring (bicyclic) bond motifs is 1. The normalized spacial score (nSPS) is 26.0. The van der Waals surface area contributed by atoms with Gasteiger partial charge in [-0.2, -0.15) is 17.5 Å². The third-order valence-corrected chi connectivity index (χ3v) is 6.18. The Bertz CT molecular complexity index is 744. The van der Waals surface area contributed by atoms with Gasteiger partial charge in [-0.05, 0) is 25.0 Å². The molecule has 1 aromatic heterocycles. The van der Waals surface area contributed by atoms with E-state index in [1.807, 2.05) is 0 Å². The van der Waals surface area contributed by atoms with E-state index in [1.165, 1.54) is 6.20 Å². The number of halogens is 3. The molecule has 0 amide bonds. The number of rotatable bonds is 3. The van der Waals surface area contributed by atoms with Gasteiger partial charge in [-0.25, -0.2) is 13.2 Å². The summed E-state index contributed by atoms with van der Waals surface area (Å²) in [4.78, 5) is 13.0. The van der Waals surface area contributed by atoms with Crippen molar-refractivity contribution < 1.29 is 41.0 Å². The number of carboxylic acids is 1. The highest BCUT2D eigenvalue weighted by Crippen LogP contribution is 2.34. The Hall–Kier alpha value is -1.76. The summed E-state index contributed by atoms with van der Waals surface area (Å²) in [5.41, 5.74) is 0. The summed E-state index contributed by atoms with van der Waals surface area (Å²) in [7, 11) is -1.87. The number of carbonyl (C=O) groups is 1. The van der Waals surface area contributed by atoms with Crippen LogP contribution in [0, 0.1) is 0 Å². The number of carboxylic acid groups (broad SMARTS) is 1. The van der Waals surface area contributed by atoms with Gasteiger partial charge in [0.1, 0.15) is 11.0 Å². The molecule has 8 nitrogen and oxygen atoms in total. The molecule has 3 atom stereocenters. The molecule has 0 unspecified atom stereocenters. The molecule has 152 valence electrons. The molecule has 1 N–H and O–H groups in total. The molecule has 1 saturated heterocycles. The van der Waals surface area contributed by atoms with Crippen molar-refractivity contribution in [2.24, 2.45) is 0 Å². The average Bonchev–Trinajstić information content (AvgIpc) is 3.05. The fraction of sp³-hybridized carbons (Fsp3) is 0.600. The Morgan fingerprint density at radius 1 is 1.41 bits per heavy atom. The number of hydrogen-bond acceptors (Lipinski definition) is 6. The van der Waals surface area contributed by atoms with Crippen LogP contribution in [0.25, 0.3) is 0 Å². The topological polar surface area (TPSA) is 106 Å². The zero-order valence-corrected chi connectivity index (χ0v) is 15.1. The first-order chi connectivity index (χ1) is 12.6. The molecule has 2 heterocycles. The third kappa shape index (κ3) is 4.94. The van der Waals surface area contributed by atoms with Gasteiger partial charge in [0, 0.05) is 26.0 Å². The van der Waals surface area contributed by atoms with E-state index in [0.717, 1.165) is 12.8 Å². The van der Waals surface area contributed by atoms with Crippen LogP contribution in [0.1, 0.15) is 12.8 Å². The molecule has 12 heteroatoms. The van der Waals surface area contributed by atoms with Crippen LogP contribution >= 0.6 is 0 Å². The number of ether oxygens (including phenoxy) is 2. The fourth-order valence-corrected chi connectivity index (χ4v) is 4.68. The second-order valence-corrected chi connectivity index (χ2v) is 7.75. The van der Waals surface area contributed by atoms with Crippen molar-refractivity contribution in [1.82, 2.24) is 9.29 Å². The Morgan fingerprint density at radius 2 is 2.07 bits per heavy atom. The van der Waals surface area contributed by atoms with E-state index in [4.69, 9.17) is 19.4 Å². The van der Waals surface area contributed by atoms with Crippen molar-refractivity contribution in [2.45, 2.75) is 42.2 Å². The zero-order chi connectivity index (χ0) is 20.2. The molecule has 1 aliphatic heterocycles. The first-order valence-corrected chi connectivity index (χ1v) is 9.39. The number of aromatic nitrogens is 1. The number of aliphatic carboxylic acids is 1. The van der Waals surface area contributed by atoms with Crippen LogP contribution in [-0.2, 0) is 24.3 Å². The Balaban J connectivity index is 0.000000321. The fourth-order valence-electron chi connectivity index (χ4n) is 3.07. The maximum Gasteiger partial charge on any atom is 0.490 e. The van der Waals surface area contributed by atoms with Gasteiger partial charge in [-0.3, -0.25) is 4.98 Å². The molecule has 1 aliphatic carbocycles. The number of sulfonamides is 1. The van der Waals surface area contributed by atoms with Crippen LogP contribution in [-0.4, -0.2) is 73.5 Å². The molecule has 27 heavy (non-hydrogen) atoms. The molecule has 1 saturated carbocycles. The molecule has 0 spiro atoms. The van der Waals surface area contributed by atoms with E-state index in [2.05, 4.69) is 4.98 Å². The van der Waals surface area contributed by atoms with Crippen molar-refractivity contribution in [1.29, 1.82) is 0 Å². The number of methoxy groups -OCH3 is 1. The summed E-state index contributed by atoms with van der Waals surface area (Å²) in [6.07, 6.45) is -0.722. The summed E-state index contributed by atoms with van der Waals surface area (Å²) in [5, 5.41) is 7.12. The van der Waals surface area contributed by atoms with E-state index in [-0.39, 0.29) is 23.1 Å². The highest BCUT2D eigenvalue weighted by atomic mass is 32.2. The van der Waals surface area contributed by atoms with Gasteiger partial charge in [0.15, 0.2) is 0 Å². The standard InChI is InChI=1S/C13H18N2O4S.C2HF3O2/c1-18-12-5-4-11-13(12)19-8-7-15(11)20(16,17)10-3-2-6-14-9-10;3-2(4,5)1(6)7/h2-3,6,9,11-13H,4-5,7-8H2,1H3;(H,6,7)/t11-,12+,13+;/m0./s1. The van der Waals surface area contributed by atoms with Gasteiger partial charge in [-0.1, -0.05) is 0 Å². The zero-order valence-electron chi connectivity index (χ0n) is 14.3. The monoisotopic (exact) mass is 412 g/mol. The SMILES string of the molecule is CO[C@@H]1CC[C@H]2[C@H]1OCCN2S(=O)(=O)c1cccnc1.O=C(O)C(F)(F)F. The molecule has 1 aromatic rings. The Labute approximate surface area is 153 Å². The molecule has 0 radical (unpaired) electrons. The lowest BCUT2D eigenvalue weighted by Crippen LogP contribution is -2.53. The van der Waals surface area contributed by atoms with E-state index < -0.39 is 22.2 Å². The maximum atomic E-state index is 12.7. The summed E-state index contributed by atoms with van der Waals surface area (Å²) in [5.74, 6) is -2.76. The van der Waals surface area contributed by atoms with E-state index in [1.54, 1.807) is 29.7 Å². The van der Waals surface area contributed by atoms with Crippen molar-refractivity contribution in [3.05, 3.63) is 24.5 Å². The minimum absolute atomic E-state index is 0.0214. The van der Waals surface area contributed by atoms with E-state index in [0.29, 0.717) is 13.2 Å². The van der Waals surface area contributed by atoms with Gasteiger partial charge in [0.25, 0.3) is 0 Å². The van der Waals surface area contributed by atoms with Crippen LogP contribution < -0.4 is 0 Å². The Kier molecular flexibility index (Phi) is 6.78. The molecule has 3 rings (SSSR count). The second-order valence-electron chi connectivity index (χ2n) is 5.86. The van der Waals surface area contributed by atoms with Crippen LogP contribution in [0.2, 0.25) is 0 Å². The van der Waals surface area contributed by atoms with Gasteiger partial charge >= 0.3 is 12.1 Å². The van der Waals surface area contributed by atoms with Crippen LogP contribution in [0.4, 0.5) is 13.2 Å². The lowest BCUT2D eigenvalue weighted by Gasteiger charge is -2.37. The predicted octanol–water partition coefficient (Wildman–Crippen LogP) is 1.28. The summed E-state index contributed by atoms with van der Waals surface area (Å²) in [6.45, 7) is 0.787. The molecular formula is C15H19F3N2O6S. The number of pyridine rings is 1. The molecule has 2 fully saturated rings. The number of nitrogens with zero attached hydrogens (tertiary/aromatic N) is 2. The molecular weight excluding hydrogens is 393 g/mol. The summed E-state index contributed by atoms with van der Waals surface area (Å²) < 4.78 is 69.8. The summed E-state index contributed by atoms with van der Waals surface area (Å²) in [6, 6.07) is 3.08. The van der Waals surface area contributed by atoms with Crippen LogP contribution in [0.15, 0.2) is 29.4 Å². The second kappa shape index (κ2) is 8.50. The van der Waals surface area contributed by atoms with Crippen molar-refractivity contribution in [3.8, 4) is 0 Å². The van der Waals surface area contributed by atoms with Gasteiger partial charge in [0.2, 0.25) is 10.0 Å². The Morgan fingerprint density at radius 3 is 2.59 bits per heavy atom. The van der Waals surface area contributed by atoms with Gasteiger partial charge in [0.05, 0.1) is 18.8 Å². The first kappa shape index (κ1) is 21.5. The predicted molar refractivity (Wildman–Crippen MR) is 85.4 cm³/mol. The number of alkyl halides is 3. The summed E-state index contributed by atoms with van der Waals surface area (Å²) >= 11 is 0. The van der Waals surface area contributed by atoms with Crippen molar-refractivity contribution in [2.75, 3.05) is 20.3 Å². The van der Waals surface area contributed by atoms with Crippen molar-refractivity contribution >= 4 is 16.0 Å². The average molecular weight is 412 g/mol. The highest BCUT2D eigenvalue weighted by Gasteiger charge is 2.47. The van der Waals surface area contributed by atoms with Crippen LogP contribution in [0.5, 0.6) is 0 Å². The quantitative estimate of drug-likeness (QED) is 0.797. The van der Waals surface area contributed by atoms with Gasteiger partial charge in [-0.15, -0.1) is 0 Å². The lowest BCUT2D eigenvalue weighted by molar-refractivity contribution is -0.192. The smallest absolute Gasteiger partial charge is 0.475 e. The highest BCUT2D eigenvalue weighted by molar-refractivity contribution is 7.89. The molecule has 0 aromatic carbocycles. The number of morpholine rings is 1. The largest absolute Gasteiger partial charge is 0.490 e. The first-order valence-electron chi connectivity index (χ1n) is 7.95. The van der Waals surface area contributed by atoms with Crippen molar-refractivity contribution in [3.63, 3.8) is 0 Å². The molecule has 0 bridgehead atoms.